The molecule has 0 spiro atoms. The standard InChI is InChI=1S/C30H35N7O3/c1-34-27(39)19-5-7-23-17(11-19)3-4-18-12-20(28(40)35-2)6-8-24(18)30(23,29(32)33)9-10-36-16-26(38)37-22(15-31)13-21-14-25(21)37/h5-8,11-12,21-22,25,36H,3-4,9-10,13-14,16H2,1-2H3,(H3,32,33)(H,34,39)(H,35,40)/t21-,22?,25+/m1/s1. The normalized spacial score (nSPS) is 21.6. The van der Waals surface area contributed by atoms with Crippen LogP contribution in [0, 0.1) is 22.7 Å². The highest BCUT2D eigenvalue weighted by Gasteiger charge is 2.54. The number of nitrogens with zero attached hydrogens (tertiary/aromatic N) is 2. The number of benzene rings is 2. The smallest absolute Gasteiger partial charge is 0.251 e. The third kappa shape index (κ3) is 4.60. The van der Waals surface area contributed by atoms with E-state index in [-0.39, 0.29) is 42.2 Å². The van der Waals surface area contributed by atoms with Gasteiger partial charge in [-0.1, -0.05) is 12.1 Å². The lowest BCUT2D eigenvalue weighted by Crippen LogP contribution is -2.46. The summed E-state index contributed by atoms with van der Waals surface area (Å²) in [5.74, 6) is -0.0742. The van der Waals surface area contributed by atoms with Gasteiger partial charge in [0.2, 0.25) is 5.91 Å². The van der Waals surface area contributed by atoms with Gasteiger partial charge in [-0.3, -0.25) is 19.8 Å². The zero-order valence-electron chi connectivity index (χ0n) is 22.8. The molecule has 1 aliphatic heterocycles. The zero-order valence-corrected chi connectivity index (χ0v) is 22.8. The van der Waals surface area contributed by atoms with Crippen LogP contribution in [0.1, 0.15) is 62.2 Å². The fraction of sp³-hybridized carbons (Fsp3) is 0.433. The molecule has 0 aromatic heterocycles. The summed E-state index contributed by atoms with van der Waals surface area (Å²) in [6.45, 7) is 0.484. The highest BCUT2D eigenvalue weighted by molar-refractivity contribution is 5.98. The van der Waals surface area contributed by atoms with Crippen LogP contribution in [0.5, 0.6) is 0 Å². The molecular formula is C30H35N7O3. The zero-order chi connectivity index (χ0) is 28.6. The van der Waals surface area contributed by atoms with Gasteiger partial charge in [0.05, 0.1) is 18.0 Å². The average Bonchev–Trinajstić information content (AvgIpc) is 3.66. The third-order valence-electron chi connectivity index (χ3n) is 8.73. The Morgan fingerprint density at radius 3 is 2.10 bits per heavy atom. The Morgan fingerprint density at radius 2 is 1.60 bits per heavy atom. The predicted octanol–water partition coefficient (Wildman–Crippen LogP) is 1.22. The summed E-state index contributed by atoms with van der Waals surface area (Å²) < 4.78 is 0. The molecule has 2 fully saturated rings. The van der Waals surface area contributed by atoms with Crippen LogP contribution in [0.3, 0.4) is 0 Å². The molecular weight excluding hydrogens is 506 g/mol. The maximum atomic E-state index is 13.0. The Balaban J connectivity index is 1.47. The Kier molecular flexibility index (Phi) is 7.34. The van der Waals surface area contributed by atoms with Crippen LogP contribution in [0.2, 0.25) is 0 Å². The van der Waals surface area contributed by atoms with Gasteiger partial charge in [-0.2, -0.15) is 5.26 Å². The topological polar surface area (TPSA) is 164 Å². The molecule has 5 rings (SSSR count). The number of aryl methyl sites for hydroxylation is 2. The molecule has 208 valence electrons. The summed E-state index contributed by atoms with van der Waals surface area (Å²) in [6, 6.07) is 13.1. The Bertz CT molecular complexity index is 1360. The minimum atomic E-state index is -1.02. The summed E-state index contributed by atoms with van der Waals surface area (Å²) in [5.41, 5.74) is 9.98. The molecule has 1 saturated carbocycles. The van der Waals surface area contributed by atoms with Crippen LogP contribution in [0.25, 0.3) is 0 Å². The van der Waals surface area contributed by atoms with Gasteiger partial charge in [-0.25, -0.2) is 0 Å². The second-order valence-electron chi connectivity index (χ2n) is 10.9. The minimum absolute atomic E-state index is 0.0460. The van der Waals surface area contributed by atoms with E-state index in [1.165, 1.54) is 0 Å². The van der Waals surface area contributed by atoms with E-state index in [9.17, 15) is 19.6 Å². The predicted molar refractivity (Wildman–Crippen MR) is 150 cm³/mol. The lowest BCUT2D eigenvalue weighted by atomic mass is 9.69. The quantitative estimate of drug-likeness (QED) is 0.192. The van der Waals surface area contributed by atoms with Crippen LogP contribution < -0.4 is 21.7 Å². The first-order chi connectivity index (χ1) is 19.2. The van der Waals surface area contributed by atoms with Gasteiger partial charge in [0.25, 0.3) is 11.8 Å². The van der Waals surface area contributed by atoms with Crippen LogP contribution in [-0.2, 0) is 23.1 Å². The molecule has 0 bridgehead atoms. The first-order valence-electron chi connectivity index (χ1n) is 13.7. The van der Waals surface area contributed by atoms with Gasteiger partial charge in [0.15, 0.2) is 0 Å². The Labute approximate surface area is 233 Å². The number of likely N-dealkylation sites (tertiary alicyclic amines) is 1. The number of fused-ring (bicyclic) bond motifs is 3. The molecule has 2 aliphatic carbocycles. The van der Waals surface area contributed by atoms with E-state index < -0.39 is 5.41 Å². The molecule has 10 nitrogen and oxygen atoms in total. The first kappa shape index (κ1) is 27.3. The largest absolute Gasteiger partial charge is 0.387 e. The van der Waals surface area contributed by atoms with Crippen molar-refractivity contribution in [2.24, 2.45) is 11.7 Å². The fourth-order valence-electron chi connectivity index (χ4n) is 6.61. The molecule has 2 aromatic carbocycles. The van der Waals surface area contributed by atoms with Gasteiger partial charge >= 0.3 is 0 Å². The minimum Gasteiger partial charge on any atom is -0.387 e. The van der Waals surface area contributed by atoms with E-state index in [2.05, 4.69) is 22.0 Å². The summed E-state index contributed by atoms with van der Waals surface area (Å²) in [4.78, 5) is 39.6. The lowest BCUT2D eigenvalue weighted by molar-refractivity contribution is -0.131. The summed E-state index contributed by atoms with van der Waals surface area (Å²) in [5, 5.41) is 26.9. The molecule has 0 radical (unpaired) electrons. The van der Waals surface area contributed by atoms with Crippen LogP contribution in [-0.4, -0.2) is 67.7 Å². The number of nitrogens with two attached hydrogens (primary N) is 1. The van der Waals surface area contributed by atoms with E-state index in [1.54, 1.807) is 31.1 Å². The third-order valence-corrected chi connectivity index (χ3v) is 8.73. The molecule has 6 N–H and O–H groups in total. The van der Waals surface area contributed by atoms with Gasteiger partial charge in [-0.15, -0.1) is 0 Å². The number of hydrogen-bond acceptors (Lipinski definition) is 6. The molecule has 3 atom stereocenters. The number of piperidine rings is 1. The number of nitrogens with one attached hydrogen (secondary N) is 4. The maximum absolute atomic E-state index is 13.0. The van der Waals surface area contributed by atoms with Crippen molar-refractivity contribution in [2.75, 3.05) is 27.2 Å². The molecule has 10 heteroatoms. The van der Waals surface area contributed by atoms with Crippen LogP contribution in [0.15, 0.2) is 36.4 Å². The monoisotopic (exact) mass is 541 g/mol. The number of amides is 3. The van der Waals surface area contributed by atoms with Crippen molar-refractivity contribution < 1.29 is 14.4 Å². The summed E-state index contributed by atoms with van der Waals surface area (Å²) in [7, 11) is 3.17. The van der Waals surface area contributed by atoms with Crippen molar-refractivity contribution in [1.82, 2.24) is 20.9 Å². The van der Waals surface area contributed by atoms with Gasteiger partial charge in [-0.05, 0) is 91.1 Å². The molecule has 40 heavy (non-hydrogen) atoms. The van der Waals surface area contributed by atoms with Crippen molar-refractivity contribution in [3.63, 3.8) is 0 Å². The molecule has 1 unspecified atom stereocenters. The van der Waals surface area contributed by atoms with E-state index in [1.807, 2.05) is 24.3 Å². The lowest BCUT2D eigenvalue weighted by Gasteiger charge is -2.36. The molecule has 3 amide bonds. The molecule has 1 saturated heterocycles. The summed E-state index contributed by atoms with van der Waals surface area (Å²) in [6.07, 6.45) is 3.34. The average molecular weight is 542 g/mol. The van der Waals surface area contributed by atoms with Gasteiger partial charge in [0.1, 0.15) is 11.9 Å². The van der Waals surface area contributed by atoms with Gasteiger partial charge in [0, 0.05) is 31.3 Å². The number of amidine groups is 1. The number of hydrogen-bond donors (Lipinski definition) is 5. The maximum Gasteiger partial charge on any atom is 0.251 e. The number of carbonyl (C=O) groups excluding carboxylic acids is 3. The first-order valence-corrected chi connectivity index (χ1v) is 13.7. The number of carbonyl (C=O) groups is 3. The highest BCUT2D eigenvalue weighted by Crippen LogP contribution is 2.47. The van der Waals surface area contributed by atoms with Crippen molar-refractivity contribution in [2.45, 2.75) is 49.6 Å². The van der Waals surface area contributed by atoms with Crippen LogP contribution in [0.4, 0.5) is 0 Å². The highest BCUT2D eigenvalue weighted by atomic mass is 16.2. The molecule has 1 heterocycles. The Morgan fingerprint density at radius 1 is 1.02 bits per heavy atom. The van der Waals surface area contributed by atoms with E-state index >= 15 is 0 Å². The molecule has 2 aromatic rings. The fourth-order valence-corrected chi connectivity index (χ4v) is 6.61. The second kappa shape index (κ2) is 10.7. The summed E-state index contributed by atoms with van der Waals surface area (Å²) >= 11 is 0. The van der Waals surface area contributed by atoms with Crippen molar-refractivity contribution in [3.8, 4) is 6.07 Å². The van der Waals surface area contributed by atoms with E-state index in [4.69, 9.17) is 11.1 Å². The van der Waals surface area contributed by atoms with Crippen molar-refractivity contribution in [1.29, 1.82) is 10.7 Å². The Hall–Kier alpha value is -4.23. The number of rotatable bonds is 8. The second-order valence-corrected chi connectivity index (χ2v) is 10.9. The van der Waals surface area contributed by atoms with E-state index in [0.717, 1.165) is 35.1 Å². The number of nitriles is 1. The SMILES string of the molecule is CNC(=O)c1ccc2c(c1)CCc1cc(C(=O)NC)ccc1C2(CCNCC(=O)N1C(C#N)C[C@@H]2C[C@@H]21)C(=N)N. The van der Waals surface area contributed by atoms with Crippen molar-refractivity contribution >= 4 is 23.6 Å². The van der Waals surface area contributed by atoms with Crippen molar-refractivity contribution in [3.05, 3.63) is 69.8 Å². The van der Waals surface area contributed by atoms with Gasteiger partial charge < -0.3 is 26.6 Å². The van der Waals surface area contributed by atoms with Crippen LogP contribution >= 0.6 is 0 Å². The molecule has 3 aliphatic rings. The van der Waals surface area contributed by atoms with E-state index in [0.29, 0.717) is 42.9 Å².